The molecule has 0 heterocycles. The van der Waals surface area contributed by atoms with Gasteiger partial charge in [-0.05, 0) is 0 Å². The van der Waals surface area contributed by atoms with E-state index < -0.39 is 17.7 Å². The summed E-state index contributed by atoms with van der Waals surface area (Å²) in [6, 6.07) is 0. The molecule has 0 fully saturated rings. The number of ether oxygens (including phenoxy) is 9. The van der Waals surface area contributed by atoms with E-state index in [2.05, 4.69) is 0 Å². The summed E-state index contributed by atoms with van der Waals surface area (Å²) >= 11 is 5.49. The van der Waals surface area contributed by atoms with Crippen LogP contribution in [-0.2, 0) is 57.0 Å². The quantitative estimate of drug-likeness (QED) is 0.0556. The van der Waals surface area contributed by atoms with Crippen molar-refractivity contribution in [1.29, 1.82) is 0 Å². The highest BCUT2D eigenvalue weighted by molar-refractivity contribution is 6.32. The Morgan fingerprint density at radius 1 is 0.459 bits per heavy atom. The van der Waals surface area contributed by atoms with Crippen molar-refractivity contribution in [1.82, 2.24) is 0 Å². The highest BCUT2D eigenvalue weighted by Crippen LogP contribution is 1.95. The van der Waals surface area contributed by atoms with E-state index in [4.69, 9.17) is 59.3 Å². The Labute approximate surface area is 222 Å². The van der Waals surface area contributed by atoms with Crippen LogP contribution in [0.25, 0.3) is 0 Å². The molecule has 37 heavy (non-hydrogen) atoms. The first kappa shape index (κ1) is 35.6. The molecular formula is C23H41ClO13. The van der Waals surface area contributed by atoms with Crippen LogP contribution in [0.3, 0.4) is 0 Å². The van der Waals surface area contributed by atoms with E-state index in [-0.39, 0.29) is 26.1 Å². The summed E-state index contributed by atoms with van der Waals surface area (Å²) in [5.41, 5.74) is 0. The molecule has 0 aromatic heterocycles. The lowest BCUT2D eigenvalue weighted by atomic mass is 10.2. The molecule has 13 nitrogen and oxygen atoms in total. The van der Waals surface area contributed by atoms with E-state index >= 15 is 0 Å². The van der Waals surface area contributed by atoms with E-state index in [0.717, 1.165) is 0 Å². The predicted octanol–water partition coefficient (Wildman–Crippen LogP) is 0.335. The number of ketones is 1. The van der Waals surface area contributed by atoms with Crippen molar-refractivity contribution in [2.75, 3.05) is 118 Å². The largest absolute Gasteiger partial charge is 0.476 e. The van der Waals surface area contributed by atoms with Crippen LogP contribution in [0.15, 0.2) is 0 Å². The second kappa shape index (κ2) is 29.1. The molecule has 0 amide bonds. The number of rotatable bonds is 30. The lowest BCUT2D eigenvalue weighted by Crippen LogP contribution is -2.17. The van der Waals surface area contributed by atoms with Crippen LogP contribution in [0.4, 0.5) is 0 Å². The molecule has 0 spiro atoms. The Morgan fingerprint density at radius 3 is 1.05 bits per heavy atom. The van der Waals surface area contributed by atoms with Gasteiger partial charge < -0.3 is 47.7 Å². The number of halogens is 1. The molecule has 0 aliphatic carbocycles. The maximum atomic E-state index is 11.3. The van der Waals surface area contributed by atoms with Gasteiger partial charge in [-0.2, -0.15) is 0 Å². The van der Waals surface area contributed by atoms with Crippen molar-refractivity contribution in [2.45, 2.75) is 12.8 Å². The van der Waals surface area contributed by atoms with E-state index in [9.17, 15) is 14.4 Å². The fourth-order valence-electron chi connectivity index (χ4n) is 2.31. The Kier molecular flexibility index (Phi) is 28.0. The van der Waals surface area contributed by atoms with Gasteiger partial charge in [0.2, 0.25) is 5.78 Å². The Hall–Kier alpha value is -1.42. The standard InChI is InChI=1S/C23H41ClO13/c24-3-4-29-5-6-30-7-8-31-9-10-32-11-12-33-13-14-34-15-16-35-17-18-36-19-20-37-22(26)2-1-21(25)23(27)28/h1-20H2,(H,27,28). The molecule has 0 aliphatic rings. The average molecular weight is 561 g/mol. The van der Waals surface area contributed by atoms with E-state index in [0.29, 0.717) is 105 Å². The smallest absolute Gasteiger partial charge is 0.372 e. The van der Waals surface area contributed by atoms with Gasteiger partial charge in [0.25, 0.3) is 0 Å². The molecule has 0 saturated heterocycles. The monoisotopic (exact) mass is 560 g/mol. The zero-order valence-corrected chi connectivity index (χ0v) is 22.1. The molecule has 1 N–H and O–H groups in total. The van der Waals surface area contributed by atoms with Crippen molar-refractivity contribution >= 4 is 29.3 Å². The van der Waals surface area contributed by atoms with Crippen LogP contribution >= 0.6 is 11.6 Å². The van der Waals surface area contributed by atoms with Crippen LogP contribution in [0.1, 0.15) is 12.8 Å². The zero-order valence-electron chi connectivity index (χ0n) is 21.4. The van der Waals surface area contributed by atoms with Crippen molar-refractivity contribution in [2.24, 2.45) is 0 Å². The minimum atomic E-state index is -1.56. The van der Waals surface area contributed by atoms with Gasteiger partial charge in [-0.15, -0.1) is 11.6 Å². The maximum absolute atomic E-state index is 11.3. The van der Waals surface area contributed by atoms with Gasteiger partial charge >= 0.3 is 11.9 Å². The normalized spacial score (nSPS) is 11.1. The molecular weight excluding hydrogens is 520 g/mol. The van der Waals surface area contributed by atoms with Crippen LogP contribution in [-0.4, -0.2) is 141 Å². The number of Topliss-reactive ketones (excluding diaryl/α,β-unsaturated/α-hetero) is 1. The van der Waals surface area contributed by atoms with Crippen molar-refractivity contribution in [3.8, 4) is 0 Å². The highest BCUT2D eigenvalue weighted by atomic mass is 35.5. The molecule has 14 heteroatoms. The average Bonchev–Trinajstić information content (AvgIpc) is 2.89. The molecule has 218 valence electrons. The highest BCUT2D eigenvalue weighted by Gasteiger charge is 2.14. The number of esters is 1. The van der Waals surface area contributed by atoms with Gasteiger partial charge in [-0.3, -0.25) is 9.59 Å². The third-order valence-electron chi connectivity index (χ3n) is 4.11. The SMILES string of the molecule is O=C(CCC(=O)C(=O)O)OCCOCCOCCOCCOCCOCCOCCOCCOCCCl. The molecule has 0 aromatic rings. The van der Waals surface area contributed by atoms with Crippen LogP contribution < -0.4 is 0 Å². The Morgan fingerprint density at radius 2 is 0.757 bits per heavy atom. The van der Waals surface area contributed by atoms with Crippen molar-refractivity contribution < 1.29 is 62.1 Å². The number of carboxylic acids is 1. The predicted molar refractivity (Wildman–Crippen MR) is 130 cm³/mol. The van der Waals surface area contributed by atoms with Gasteiger partial charge in [-0.1, -0.05) is 0 Å². The van der Waals surface area contributed by atoms with Crippen molar-refractivity contribution in [3.05, 3.63) is 0 Å². The number of alkyl halides is 1. The molecule has 0 unspecified atom stereocenters. The number of carbonyl (C=O) groups is 3. The second-order valence-corrected chi connectivity index (χ2v) is 7.41. The summed E-state index contributed by atoms with van der Waals surface area (Å²) in [5.74, 6) is -2.75. The van der Waals surface area contributed by atoms with Crippen LogP contribution in [0, 0.1) is 0 Å². The lowest BCUT2D eigenvalue weighted by Gasteiger charge is -2.08. The summed E-state index contributed by atoms with van der Waals surface area (Å²) in [4.78, 5) is 32.5. The number of carbonyl (C=O) groups excluding carboxylic acids is 2. The second-order valence-electron chi connectivity index (χ2n) is 7.04. The number of hydrogen-bond donors (Lipinski definition) is 1. The summed E-state index contributed by atoms with van der Waals surface area (Å²) in [7, 11) is 0. The maximum Gasteiger partial charge on any atom is 0.372 e. The lowest BCUT2D eigenvalue weighted by molar-refractivity contribution is -0.151. The van der Waals surface area contributed by atoms with E-state index in [1.54, 1.807) is 0 Å². The first-order valence-corrected chi connectivity index (χ1v) is 12.7. The minimum absolute atomic E-state index is 0.0182. The van der Waals surface area contributed by atoms with Crippen LogP contribution in [0.5, 0.6) is 0 Å². The molecule has 0 rings (SSSR count). The molecule has 0 radical (unpaired) electrons. The van der Waals surface area contributed by atoms with E-state index in [1.807, 2.05) is 0 Å². The summed E-state index contributed by atoms with van der Waals surface area (Å²) in [6.45, 7) is 7.14. The Bertz CT molecular complexity index is 551. The van der Waals surface area contributed by atoms with Gasteiger partial charge in [0, 0.05) is 12.3 Å². The summed E-state index contributed by atoms with van der Waals surface area (Å²) in [5, 5.41) is 8.41. The third-order valence-corrected chi connectivity index (χ3v) is 4.27. The van der Waals surface area contributed by atoms with E-state index in [1.165, 1.54) is 0 Å². The van der Waals surface area contributed by atoms with Gasteiger partial charge in [0.05, 0.1) is 112 Å². The number of hydrogen-bond acceptors (Lipinski definition) is 12. The summed E-state index contributed by atoms with van der Waals surface area (Å²) in [6.07, 6.45) is -0.653. The number of carboxylic acid groups (broad SMARTS) is 1. The molecule has 0 aromatic carbocycles. The van der Waals surface area contributed by atoms with Crippen molar-refractivity contribution in [3.63, 3.8) is 0 Å². The summed E-state index contributed by atoms with van der Waals surface area (Å²) < 4.78 is 47.5. The molecule has 0 saturated carbocycles. The first-order valence-electron chi connectivity index (χ1n) is 12.2. The topological polar surface area (TPSA) is 155 Å². The molecule has 0 atom stereocenters. The molecule has 0 aliphatic heterocycles. The molecule has 0 bridgehead atoms. The third kappa shape index (κ3) is 29.0. The van der Waals surface area contributed by atoms with Crippen LogP contribution in [0.2, 0.25) is 0 Å². The first-order chi connectivity index (χ1) is 18.1. The Balaban J connectivity index is 3.13. The fraction of sp³-hybridized carbons (Fsp3) is 0.870. The van der Waals surface area contributed by atoms with Gasteiger partial charge in [-0.25, -0.2) is 4.79 Å². The van der Waals surface area contributed by atoms with Gasteiger partial charge in [0.15, 0.2) is 0 Å². The fourth-order valence-corrected chi connectivity index (χ4v) is 2.41. The number of aliphatic carboxylic acids is 1. The minimum Gasteiger partial charge on any atom is -0.476 e. The zero-order chi connectivity index (χ0) is 27.2. The van der Waals surface area contributed by atoms with Gasteiger partial charge in [0.1, 0.15) is 6.61 Å².